The maximum atomic E-state index is 12.4. The Bertz CT molecular complexity index is 859. The summed E-state index contributed by atoms with van der Waals surface area (Å²) in [6.07, 6.45) is 0.305. The van der Waals surface area contributed by atoms with Gasteiger partial charge in [0.1, 0.15) is 12.4 Å². The lowest BCUT2D eigenvalue weighted by Gasteiger charge is -2.26. The second-order valence-electron chi connectivity index (χ2n) is 5.95. The molecule has 1 aliphatic rings. The first-order chi connectivity index (χ1) is 12.5. The molecule has 8 heteroatoms. The second kappa shape index (κ2) is 7.38. The van der Waals surface area contributed by atoms with E-state index in [0.717, 1.165) is 5.69 Å². The fourth-order valence-corrected chi connectivity index (χ4v) is 2.83. The molecule has 0 saturated carbocycles. The summed E-state index contributed by atoms with van der Waals surface area (Å²) in [4.78, 5) is 37.8. The summed E-state index contributed by atoms with van der Waals surface area (Å²) >= 11 is 0. The van der Waals surface area contributed by atoms with E-state index in [1.54, 1.807) is 41.9 Å². The van der Waals surface area contributed by atoms with Crippen LogP contribution < -0.4 is 10.2 Å². The van der Waals surface area contributed by atoms with Gasteiger partial charge in [-0.1, -0.05) is 6.07 Å². The van der Waals surface area contributed by atoms with Crippen molar-refractivity contribution in [2.75, 3.05) is 23.4 Å². The molecule has 1 N–H and O–H groups in total. The van der Waals surface area contributed by atoms with E-state index in [-0.39, 0.29) is 25.0 Å². The Labute approximate surface area is 150 Å². The van der Waals surface area contributed by atoms with Crippen LogP contribution in [0, 0.1) is 6.92 Å². The van der Waals surface area contributed by atoms with Crippen LogP contribution in [-0.4, -0.2) is 40.7 Å². The molecule has 0 radical (unpaired) electrons. The van der Waals surface area contributed by atoms with Gasteiger partial charge in [-0.25, -0.2) is 9.48 Å². The molecule has 136 valence electrons. The molecule has 2 heterocycles. The third kappa shape index (κ3) is 3.74. The molecular formula is C18H20N4O4. The molecule has 2 amide bonds. The third-order valence-electron chi connectivity index (χ3n) is 3.96. The molecule has 1 aromatic carbocycles. The lowest BCUT2D eigenvalue weighted by molar-refractivity contribution is -0.122. The van der Waals surface area contributed by atoms with E-state index in [2.05, 4.69) is 10.4 Å². The van der Waals surface area contributed by atoms with Crippen molar-refractivity contribution in [3.63, 3.8) is 0 Å². The number of hydrogen-bond donors (Lipinski definition) is 1. The molecule has 1 aliphatic heterocycles. The monoisotopic (exact) mass is 356 g/mol. The van der Waals surface area contributed by atoms with Crippen LogP contribution in [0.25, 0.3) is 0 Å². The highest BCUT2D eigenvalue weighted by Gasteiger charge is 2.27. The molecule has 0 fully saturated rings. The number of rotatable bonds is 5. The quantitative estimate of drug-likeness (QED) is 0.824. The molecule has 0 aliphatic carbocycles. The van der Waals surface area contributed by atoms with Gasteiger partial charge in [0.2, 0.25) is 11.8 Å². The second-order valence-corrected chi connectivity index (χ2v) is 5.95. The fourth-order valence-electron chi connectivity index (χ4n) is 2.83. The summed E-state index contributed by atoms with van der Waals surface area (Å²) in [5.41, 5.74) is 1.62. The van der Waals surface area contributed by atoms with E-state index >= 15 is 0 Å². The summed E-state index contributed by atoms with van der Waals surface area (Å²) < 4.78 is 6.68. The van der Waals surface area contributed by atoms with Crippen LogP contribution in [0.4, 0.5) is 11.5 Å². The predicted octanol–water partition coefficient (Wildman–Crippen LogP) is 1.74. The Hall–Kier alpha value is -3.16. The van der Waals surface area contributed by atoms with Crippen LogP contribution in [-0.2, 0) is 20.9 Å². The number of fused-ring (bicyclic) bond motifs is 1. The number of amides is 2. The van der Waals surface area contributed by atoms with Crippen LogP contribution >= 0.6 is 0 Å². The molecule has 2 aromatic rings. The van der Waals surface area contributed by atoms with Gasteiger partial charge >= 0.3 is 5.97 Å². The number of carbonyl (C=O) groups excluding carboxylic acids is 3. The van der Waals surface area contributed by atoms with E-state index in [1.165, 1.54) is 4.90 Å². The van der Waals surface area contributed by atoms with Crippen molar-refractivity contribution in [3.8, 4) is 0 Å². The highest BCUT2D eigenvalue weighted by atomic mass is 16.5. The van der Waals surface area contributed by atoms with E-state index in [0.29, 0.717) is 30.0 Å². The van der Waals surface area contributed by atoms with Gasteiger partial charge < -0.3 is 10.1 Å². The van der Waals surface area contributed by atoms with Crippen molar-refractivity contribution in [3.05, 3.63) is 41.6 Å². The van der Waals surface area contributed by atoms with Gasteiger partial charge in [-0.3, -0.25) is 14.5 Å². The normalized spacial score (nSPS) is 13.3. The van der Waals surface area contributed by atoms with Crippen molar-refractivity contribution >= 4 is 29.3 Å². The van der Waals surface area contributed by atoms with Crippen LogP contribution in [0.1, 0.15) is 29.4 Å². The number of nitrogens with one attached hydrogen (secondary N) is 1. The van der Waals surface area contributed by atoms with Gasteiger partial charge in [-0.15, -0.1) is 0 Å². The number of carbonyl (C=O) groups is 3. The van der Waals surface area contributed by atoms with Crippen molar-refractivity contribution < 1.29 is 19.1 Å². The first-order valence-corrected chi connectivity index (χ1v) is 8.39. The van der Waals surface area contributed by atoms with Crippen molar-refractivity contribution in [1.82, 2.24) is 9.78 Å². The number of hydrogen-bond acceptors (Lipinski definition) is 5. The summed E-state index contributed by atoms with van der Waals surface area (Å²) in [5, 5.41) is 7.03. The number of esters is 1. The molecule has 8 nitrogen and oxygen atoms in total. The van der Waals surface area contributed by atoms with Crippen LogP contribution in [0.15, 0.2) is 30.3 Å². The molecule has 0 saturated heterocycles. The fraction of sp³-hybridized carbons (Fsp3) is 0.333. The zero-order valence-corrected chi connectivity index (χ0v) is 14.7. The number of nitrogens with zero attached hydrogens (tertiary/aromatic N) is 3. The van der Waals surface area contributed by atoms with Gasteiger partial charge in [0.05, 0.1) is 24.4 Å². The average Bonchev–Trinajstić information content (AvgIpc) is 2.99. The lowest BCUT2D eigenvalue weighted by Crippen LogP contribution is -2.42. The van der Waals surface area contributed by atoms with Crippen molar-refractivity contribution in [2.45, 2.75) is 26.8 Å². The number of aromatic nitrogens is 2. The number of aryl methyl sites for hydroxylation is 2. The molecule has 3 rings (SSSR count). The summed E-state index contributed by atoms with van der Waals surface area (Å²) in [7, 11) is 0. The first-order valence-electron chi connectivity index (χ1n) is 8.39. The molecule has 0 unspecified atom stereocenters. The van der Waals surface area contributed by atoms with Gasteiger partial charge in [-0.05, 0) is 32.0 Å². The topological polar surface area (TPSA) is 93.5 Å². The highest BCUT2D eigenvalue weighted by Crippen LogP contribution is 2.22. The van der Waals surface area contributed by atoms with Gasteiger partial charge in [0.25, 0.3) is 0 Å². The lowest BCUT2D eigenvalue weighted by atomic mass is 10.2. The SMILES string of the molecule is CCOC(=O)c1cccc(NC(=O)CN2C(=O)CCn3nc(C)cc32)c1. The van der Waals surface area contributed by atoms with Gasteiger partial charge in [0, 0.05) is 18.2 Å². The van der Waals surface area contributed by atoms with E-state index < -0.39 is 5.97 Å². The Morgan fingerprint density at radius 3 is 2.88 bits per heavy atom. The molecule has 0 bridgehead atoms. The van der Waals surface area contributed by atoms with Gasteiger partial charge in [-0.2, -0.15) is 5.10 Å². The van der Waals surface area contributed by atoms with Crippen molar-refractivity contribution in [1.29, 1.82) is 0 Å². The minimum atomic E-state index is -0.450. The first kappa shape index (κ1) is 17.7. The molecule has 26 heavy (non-hydrogen) atoms. The number of anilines is 2. The zero-order valence-electron chi connectivity index (χ0n) is 14.7. The van der Waals surface area contributed by atoms with Crippen molar-refractivity contribution in [2.24, 2.45) is 0 Å². The predicted molar refractivity (Wildman–Crippen MR) is 95.0 cm³/mol. The summed E-state index contributed by atoms with van der Waals surface area (Å²) in [5.74, 6) is -0.303. The standard InChI is InChI=1S/C18H20N4O4/c1-3-26-18(25)13-5-4-6-14(10-13)19-15(23)11-21-16-9-12(2)20-22(16)8-7-17(21)24/h4-6,9-10H,3,7-8,11H2,1-2H3,(H,19,23). The maximum Gasteiger partial charge on any atom is 0.338 e. The Morgan fingerprint density at radius 2 is 2.12 bits per heavy atom. The molecular weight excluding hydrogens is 336 g/mol. The Morgan fingerprint density at radius 1 is 1.31 bits per heavy atom. The molecule has 0 atom stereocenters. The molecule has 1 aromatic heterocycles. The average molecular weight is 356 g/mol. The number of benzene rings is 1. The zero-order chi connectivity index (χ0) is 18.7. The molecule has 0 spiro atoms. The third-order valence-corrected chi connectivity index (χ3v) is 3.96. The summed E-state index contributed by atoms with van der Waals surface area (Å²) in [6, 6.07) is 8.27. The largest absolute Gasteiger partial charge is 0.462 e. The van der Waals surface area contributed by atoms with Crippen LogP contribution in [0.2, 0.25) is 0 Å². The van der Waals surface area contributed by atoms with Gasteiger partial charge in [0.15, 0.2) is 0 Å². The van der Waals surface area contributed by atoms with Crippen LogP contribution in [0.5, 0.6) is 0 Å². The van der Waals surface area contributed by atoms with Crippen LogP contribution in [0.3, 0.4) is 0 Å². The maximum absolute atomic E-state index is 12.4. The Kier molecular flexibility index (Phi) is 5.01. The minimum absolute atomic E-state index is 0.117. The van der Waals surface area contributed by atoms with E-state index in [1.807, 2.05) is 6.92 Å². The number of ether oxygens (including phenoxy) is 1. The smallest absolute Gasteiger partial charge is 0.338 e. The van der Waals surface area contributed by atoms with E-state index in [9.17, 15) is 14.4 Å². The van der Waals surface area contributed by atoms with E-state index in [4.69, 9.17) is 4.74 Å². The highest BCUT2D eigenvalue weighted by molar-refractivity contribution is 6.03. The summed E-state index contributed by atoms with van der Waals surface area (Å²) in [6.45, 7) is 4.25. The minimum Gasteiger partial charge on any atom is -0.462 e. The Balaban J connectivity index is 1.70.